The van der Waals surface area contributed by atoms with Crippen LogP contribution >= 0.6 is 11.6 Å². The normalized spacial score (nSPS) is 18.2. The number of benzene rings is 1. The monoisotopic (exact) mass is 485 g/mol. The highest BCUT2D eigenvalue weighted by atomic mass is 35.5. The van der Waals surface area contributed by atoms with Gasteiger partial charge in [0.05, 0.1) is 29.1 Å². The topological polar surface area (TPSA) is 86.8 Å². The Labute approximate surface area is 205 Å². The number of urea groups is 1. The first-order chi connectivity index (χ1) is 16.2. The fourth-order valence-electron chi connectivity index (χ4n) is 4.35. The molecule has 3 amide bonds. The van der Waals surface area contributed by atoms with Crippen LogP contribution in [0.2, 0.25) is 5.02 Å². The van der Waals surface area contributed by atoms with Gasteiger partial charge in [-0.05, 0) is 57.4 Å². The number of fused-ring (bicyclic) bond motifs is 1. The summed E-state index contributed by atoms with van der Waals surface area (Å²) in [5.41, 5.74) is 2.90. The van der Waals surface area contributed by atoms with Gasteiger partial charge in [-0.25, -0.2) is 9.59 Å². The van der Waals surface area contributed by atoms with Crippen LogP contribution in [0.25, 0.3) is 0 Å². The van der Waals surface area contributed by atoms with E-state index in [0.717, 1.165) is 36.3 Å². The van der Waals surface area contributed by atoms with Gasteiger partial charge < -0.3 is 25.2 Å². The smallest absolute Gasteiger partial charge is 0.410 e. The van der Waals surface area contributed by atoms with E-state index in [1.165, 1.54) is 0 Å². The van der Waals surface area contributed by atoms with Crippen LogP contribution in [-0.4, -0.2) is 53.3 Å². The number of anilines is 2. The molecule has 3 heterocycles. The van der Waals surface area contributed by atoms with E-state index in [1.54, 1.807) is 11.1 Å². The SMILES string of the molecule is CC(C)(C)OC(=O)N1CCc2ncc(NC(=O)NC3CCCN(c4ccccc4Cl)C3)cc2C1. The highest BCUT2D eigenvalue weighted by molar-refractivity contribution is 6.33. The fourth-order valence-corrected chi connectivity index (χ4v) is 4.61. The van der Waals surface area contributed by atoms with E-state index >= 15 is 0 Å². The third-order valence-electron chi connectivity index (χ3n) is 5.90. The summed E-state index contributed by atoms with van der Waals surface area (Å²) in [7, 11) is 0. The minimum absolute atomic E-state index is 0.0123. The van der Waals surface area contributed by atoms with Gasteiger partial charge in [0.1, 0.15) is 5.60 Å². The van der Waals surface area contributed by atoms with Crippen LogP contribution in [0, 0.1) is 0 Å². The predicted octanol–water partition coefficient (Wildman–Crippen LogP) is 4.82. The lowest BCUT2D eigenvalue weighted by Gasteiger charge is -2.35. The number of nitrogens with one attached hydrogen (secondary N) is 2. The minimum atomic E-state index is -0.544. The number of halogens is 1. The van der Waals surface area contributed by atoms with Crippen LogP contribution in [0.3, 0.4) is 0 Å². The lowest BCUT2D eigenvalue weighted by Crippen LogP contribution is -2.49. The third kappa shape index (κ3) is 6.11. The summed E-state index contributed by atoms with van der Waals surface area (Å²) >= 11 is 6.36. The zero-order valence-electron chi connectivity index (χ0n) is 19.9. The molecule has 8 nitrogen and oxygen atoms in total. The van der Waals surface area contributed by atoms with Gasteiger partial charge in [0.2, 0.25) is 0 Å². The molecule has 0 saturated carbocycles. The molecule has 4 rings (SSSR count). The van der Waals surface area contributed by atoms with Crippen molar-refractivity contribution in [1.29, 1.82) is 0 Å². The number of aromatic nitrogens is 1. The number of rotatable bonds is 3. The van der Waals surface area contributed by atoms with E-state index in [-0.39, 0.29) is 18.2 Å². The molecule has 0 radical (unpaired) electrons. The predicted molar refractivity (Wildman–Crippen MR) is 133 cm³/mol. The Hall–Kier alpha value is -3.00. The first-order valence-electron chi connectivity index (χ1n) is 11.7. The molecule has 1 atom stereocenters. The number of ether oxygens (including phenoxy) is 1. The molecule has 1 unspecified atom stereocenters. The summed E-state index contributed by atoms with van der Waals surface area (Å²) in [5, 5.41) is 6.68. The molecule has 34 heavy (non-hydrogen) atoms. The van der Waals surface area contributed by atoms with Gasteiger partial charge in [-0.1, -0.05) is 23.7 Å². The standard InChI is InChI=1S/C25H32ClN5O3/c1-25(2,3)34-24(33)31-12-10-21-17(15-31)13-19(14-27-21)29-23(32)28-18-7-6-11-30(16-18)22-9-5-4-8-20(22)26/h4-5,8-9,13-14,18H,6-7,10-12,15-16H2,1-3H3,(H2,28,29,32). The summed E-state index contributed by atoms with van der Waals surface area (Å²) < 4.78 is 5.49. The Kier molecular flexibility index (Phi) is 7.16. The molecule has 0 bridgehead atoms. The molecular weight excluding hydrogens is 454 g/mol. The van der Waals surface area contributed by atoms with Gasteiger partial charge in [-0.2, -0.15) is 0 Å². The zero-order chi connectivity index (χ0) is 24.3. The van der Waals surface area contributed by atoms with Crippen molar-refractivity contribution >= 4 is 35.1 Å². The van der Waals surface area contributed by atoms with Crippen molar-refractivity contribution in [2.24, 2.45) is 0 Å². The summed E-state index contributed by atoms with van der Waals surface area (Å²) in [6, 6.07) is 9.40. The van der Waals surface area contributed by atoms with Gasteiger partial charge >= 0.3 is 12.1 Å². The van der Waals surface area contributed by atoms with Crippen molar-refractivity contribution in [3.63, 3.8) is 0 Å². The molecule has 2 aliphatic heterocycles. The number of carbonyl (C=O) groups excluding carboxylic acids is 2. The van der Waals surface area contributed by atoms with E-state index in [1.807, 2.05) is 51.1 Å². The molecule has 2 aromatic rings. The second-order valence-electron chi connectivity index (χ2n) is 9.82. The molecule has 9 heteroatoms. The fraction of sp³-hybridized carbons (Fsp3) is 0.480. The molecule has 1 aromatic carbocycles. The first-order valence-corrected chi connectivity index (χ1v) is 12.1. The lowest BCUT2D eigenvalue weighted by atomic mass is 10.0. The highest BCUT2D eigenvalue weighted by Crippen LogP contribution is 2.28. The van der Waals surface area contributed by atoms with Crippen molar-refractivity contribution in [1.82, 2.24) is 15.2 Å². The summed E-state index contributed by atoms with van der Waals surface area (Å²) in [6.45, 7) is 8.13. The average molecular weight is 486 g/mol. The van der Waals surface area contributed by atoms with Crippen LogP contribution in [0.5, 0.6) is 0 Å². The van der Waals surface area contributed by atoms with Gasteiger partial charge in [-0.15, -0.1) is 0 Å². The van der Waals surface area contributed by atoms with Crippen molar-refractivity contribution in [2.75, 3.05) is 29.9 Å². The van der Waals surface area contributed by atoms with Gasteiger partial charge in [0, 0.05) is 37.8 Å². The van der Waals surface area contributed by atoms with Crippen molar-refractivity contribution < 1.29 is 14.3 Å². The summed E-state index contributed by atoms with van der Waals surface area (Å²) in [6.07, 6.45) is 3.85. The molecule has 1 saturated heterocycles. The number of para-hydroxylation sites is 1. The van der Waals surface area contributed by atoms with Gasteiger partial charge in [0.25, 0.3) is 0 Å². The van der Waals surface area contributed by atoms with Crippen molar-refractivity contribution in [2.45, 2.75) is 58.2 Å². The number of hydrogen-bond acceptors (Lipinski definition) is 5. The van der Waals surface area contributed by atoms with Crippen LogP contribution in [0.15, 0.2) is 36.5 Å². The number of amides is 3. The lowest BCUT2D eigenvalue weighted by molar-refractivity contribution is 0.0222. The number of piperidine rings is 1. The first kappa shape index (κ1) is 24.1. The maximum absolute atomic E-state index is 12.7. The average Bonchev–Trinajstić information content (AvgIpc) is 2.78. The highest BCUT2D eigenvalue weighted by Gasteiger charge is 2.27. The zero-order valence-corrected chi connectivity index (χ0v) is 20.7. The quantitative estimate of drug-likeness (QED) is 0.651. The Morgan fingerprint density at radius 1 is 1.21 bits per heavy atom. The molecule has 0 aliphatic carbocycles. The number of carbonyl (C=O) groups is 2. The molecule has 182 valence electrons. The molecule has 2 N–H and O–H groups in total. The van der Waals surface area contributed by atoms with E-state index in [4.69, 9.17) is 16.3 Å². The van der Waals surface area contributed by atoms with Crippen LogP contribution in [-0.2, 0) is 17.7 Å². The van der Waals surface area contributed by atoms with E-state index in [9.17, 15) is 9.59 Å². The summed E-state index contributed by atoms with van der Waals surface area (Å²) in [4.78, 5) is 33.5. The number of pyridine rings is 1. The van der Waals surface area contributed by atoms with Crippen LogP contribution < -0.4 is 15.5 Å². The van der Waals surface area contributed by atoms with Crippen LogP contribution in [0.1, 0.15) is 44.9 Å². The molecule has 0 spiro atoms. The molecule has 2 aliphatic rings. The van der Waals surface area contributed by atoms with E-state index < -0.39 is 5.60 Å². The van der Waals surface area contributed by atoms with Crippen molar-refractivity contribution in [3.05, 3.63) is 52.8 Å². The molecular formula is C25H32ClN5O3. The maximum Gasteiger partial charge on any atom is 0.410 e. The van der Waals surface area contributed by atoms with Crippen LogP contribution in [0.4, 0.5) is 21.0 Å². The van der Waals surface area contributed by atoms with Gasteiger partial charge in [0.15, 0.2) is 0 Å². The molecule has 1 aromatic heterocycles. The Balaban J connectivity index is 1.35. The van der Waals surface area contributed by atoms with Crippen molar-refractivity contribution in [3.8, 4) is 0 Å². The second kappa shape index (κ2) is 10.1. The second-order valence-corrected chi connectivity index (χ2v) is 10.2. The maximum atomic E-state index is 12.7. The van der Waals surface area contributed by atoms with Gasteiger partial charge in [-0.3, -0.25) is 4.98 Å². The Morgan fingerprint density at radius 3 is 2.76 bits per heavy atom. The summed E-state index contributed by atoms with van der Waals surface area (Å²) in [5.74, 6) is 0. The third-order valence-corrected chi connectivity index (χ3v) is 6.22. The van der Waals surface area contributed by atoms with E-state index in [0.29, 0.717) is 36.8 Å². The molecule has 1 fully saturated rings. The Bertz CT molecular complexity index is 1060. The Morgan fingerprint density at radius 2 is 2.00 bits per heavy atom. The largest absolute Gasteiger partial charge is 0.444 e. The van der Waals surface area contributed by atoms with E-state index in [2.05, 4.69) is 20.5 Å². The number of nitrogens with zero attached hydrogens (tertiary/aromatic N) is 3. The minimum Gasteiger partial charge on any atom is -0.444 e. The number of hydrogen-bond donors (Lipinski definition) is 2.